The number of ketones is 1. The average Bonchev–Trinajstić information content (AvgIpc) is 3.21. The number of rotatable bonds is 6. The van der Waals surface area contributed by atoms with Gasteiger partial charge in [0.1, 0.15) is 0 Å². The van der Waals surface area contributed by atoms with Crippen LogP contribution in [-0.4, -0.2) is 38.0 Å². The summed E-state index contributed by atoms with van der Waals surface area (Å²) in [4.78, 5) is 28.6. The van der Waals surface area contributed by atoms with Crippen molar-refractivity contribution in [2.75, 3.05) is 6.61 Å². The fraction of sp³-hybridized carbons (Fsp3) is 0.130. The Kier molecular flexibility index (Phi) is 5.36. The van der Waals surface area contributed by atoms with Crippen molar-refractivity contribution in [3.05, 3.63) is 89.7 Å². The van der Waals surface area contributed by atoms with Crippen LogP contribution >= 0.6 is 0 Å². The third-order valence-electron chi connectivity index (χ3n) is 4.83. The van der Waals surface area contributed by atoms with Gasteiger partial charge in [-0.1, -0.05) is 36.4 Å². The number of hydrogen-bond acceptors (Lipinski definition) is 5. The lowest BCUT2D eigenvalue weighted by Crippen LogP contribution is -2.31. The highest BCUT2D eigenvalue weighted by Crippen LogP contribution is 2.22. The minimum absolute atomic E-state index is 0.0247. The molecule has 1 amide bonds. The van der Waals surface area contributed by atoms with Crippen molar-refractivity contribution in [1.82, 2.24) is 19.9 Å². The predicted molar refractivity (Wildman–Crippen MR) is 112 cm³/mol. The van der Waals surface area contributed by atoms with Crippen molar-refractivity contribution >= 4 is 17.3 Å². The number of amides is 1. The molecule has 0 spiro atoms. The topological polar surface area (TPSA) is 96.6 Å². The van der Waals surface area contributed by atoms with Crippen LogP contribution in [0.2, 0.25) is 0 Å². The Morgan fingerprint density at radius 2 is 1.80 bits per heavy atom. The number of fused-ring (bicyclic) bond motifs is 1. The largest absolute Gasteiger partial charge is 0.394 e. The number of imidazole rings is 1. The second-order valence-electron chi connectivity index (χ2n) is 6.88. The molecule has 0 bridgehead atoms. The molecule has 2 aromatic carbocycles. The van der Waals surface area contributed by atoms with Crippen molar-refractivity contribution in [2.24, 2.45) is 0 Å². The fourth-order valence-corrected chi connectivity index (χ4v) is 3.21. The van der Waals surface area contributed by atoms with Crippen molar-refractivity contribution in [2.45, 2.75) is 13.0 Å². The summed E-state index contributed by atoms with van der Waals surface area (Å²) < 4.78 is 1.64. The summed E-state index contributed by atoms with van der Waals surface area (Å²) in [6.07, 6.45) is 1.68. The molecule has 1 unspecified atom stereocenters. The maximum Gasteiger partial charge on any atom is 0.251 e. The van der Waals surface area contributed by atoms with Gasteiger partial charge in [-0.15, -0.1) is 0 Å². The number of carbonyl (C=O) groups excluding carboxylic acids is 2. The third kappa shape index (κ3) is 3.83. The molecule has 0 aliphatic carbocycles. The molecule has 0 radical (unpaired) electrons. The van der Waals surface area contributed by atoms with E-state index in [9.17, 15) is 14.7 Å². The Balaban J connectivity index is 1.68. The molecule has 2 N–H and O–H groups in total. The molecule has 0 aliphatic rings. The van der Waals surface area contributed by atoms with E-state index in [1.807, 2.05) is 18.2 Å². The van der Waals surface area contributed by atoms with E-state index in [-0.39, 0.29) is 18.3 Å². The van der Waals surface area contributed by atoms with Gasteiger partial charge >= 0.3 is 0 Å². The highest BCUT2D eigenvalue weighted by atomic mass is 16.3. The lowest BCUT2D eigenvalue weighted by atomic mass is 10.1. The first-order valence-corrected chi connectivity index (χ1v) is 9.49. The Labute approximate surface area is 173 Å². The summed E-state index contributed by atoms with van der Waals surface area (Å²) in [6, 6.07) is 18.9. The first-order chi connectivity index (χ1) is 14.6. The van der Waals surface area contributed by atoms with Crippen molar-refractivity contribution in [3.8, 4) is 11.3 Å². The molecule has 0 aliphatic heterocycles. The first kappa shape index (κ1) is 19.5. The van der Waals surface area contributed by atoms with Gasteiger partial charge in [0.25, 0.3) is 5.91 Å². The van der Waals surface area contributed by atoms with Gasteiger partial charge < -0.3 is 10.4 Å². The highest BCUT2D eigenvalue weighted by Gasteiger charge is 2.18. The average molecular weight is 400 g/mol. The van der Waals surface area contributed by atoms with Crippen molar-refractivity contribution in [1.29, 1.82) is 0 Å². The summed E-state index contributed by atoms with van der Waals surface area (Å²) in [5.41, 5.74) is 3.72. The van der Waals surface area contributed by atoms with Gasteiger partial charge in [0, 0.05) is 16.7 Å². The zero-order valence-corrected chi connectivity index (χ0v) is 16.3. The van der Waals surface area contributed by atoms with Gasteiger partial charge in [0.15, 0.2) is 11.4 Å². The molecular formula is C23H20N4O3. The molecule has 30 heavy (non-hydrogen) atoms. The molecule has 0 saturated heterocycles. The lowest BCUT2D eigenvalue weighted by Gasteiger charge is -2.16. The quantitative estimate of drug-likeness (QED) is 0.485. The number of nitrogens with zero attached hydrogens (tertiary/aromatic N) is 3. The molecule has 4 aromatic rings. The number of carbonyl (C=O) groups is 2. The highest BCUT2D eigenvalue weighted by molar-refractivity contribution is 5.95. The minimum Gasteiger partial charge on any atom is -0.394 e. The Morgan fingerprint density at radius 1 is 1.03 bits per heavy atom. The van der Waals surface area contributed by atoms with Gasteiger partial charge in [-0.25, -0.2) is 9.50 Å². The van der Waals surface area contributed by atoms with E-state index in [4.69, 9.17) is 0 Å². The number of nitrogens with one attached hydrogen (secondary N) is 1. The van der Waals surface area contributed by atoms with E-state index < -0.39 is 6.04 Å². The lowest BCUT2D eigenvalue weighted by molar-refractivity contribution is 0.0913. The van der Waals surface area contributed by atoms with Crippen LogP contribution in [0.4, 0.5) is 0 Å². The number of benzene rings is 2. The van der Waals surface area contributed by atoms with Crippen LogP contribution in [0.25, 0.3) is 16.9 Å². The van der Waals surface area contributed by atoms with E-state index in [1.165, 1.54) is 6.92 Å². The van der Waals surface area contributed by atoms with E-state index in [1.54, 1.807) is 59.2 Å². The number of Topliss-reactive ketones (excluding diaryl/α,β-unsaturated/α-hetero) is 1. The van der Waals surface area contributed by atoms with E-state index >= 15 is 0 Å². The number of aliphatic hydroxyl groups is 1. The minimum atomic E-state index is -0.680. The molecule has 0 fully saturated rings. The third-order valence-corrected chi connectivity index (χ3v) is 4.83. The summed E-state index contributed by atoms with van der Waals surface area (Å²) in [5.74, 6) is -0.320. The standard InChI is InChI=1S/C23H20N4O3/c1-15(29)17-8-5-9-18(12-17)21-13-24-22-11-10-19(26-27(21)22)20(14-28)25-23(30)16-6-3-2-4-7-16/h2-13,20,28H,14H2,1H3,(H,25,30). The van der Waals surface area contributed by atoms with E-state index in [2.05, 4.69) is 15.4 Å². The van der Waals surface area contributed by atoms with Gasteiger partial charge in [-0.2, -0.15) is 5.10 Å². The number of aliphatic hydroxyl groups excluding tert-OH is 1. The summed E-state index contributed by atoms with van der Waals surface area (Å²) in [5, 5.41) is 17.3. The molecular weight excluding hydrogens is 380 g/mol. The zero-order valence-electron chi connectivity index (χ0n) is 16.3. The summed E-state index contributed by atoms with van der Waals surface area (Å²) >= 11 is 0. The predicted octanol–water partition coefficient (Wildman–Crippen LogP) is 3.06. The first-order valence-electron chi connectivity index (χ1n) is 9.49. The van der Waals surface area contributed by atoms with Crippen LogP contribution in [0.15, 0.2) is 72.9 Å². The maximum atomic E-state index is 12.5. The van der Waals surface area contributed by atoms with Gasteiger partial charge in [-0.3, -0.25) is 9.59 Å². The number of aromatic nitrogens is 3. The normalized spacial score (nSPS) is 11.9. The zero-order chi connectivity index (χ0) is 21.1. The van der Waals surface area contributed by atoms with Crippen molar-refractivity contribution < 1.29 is 14.7 Å². The Hall–Kier alpha value is -3.84. The van der Waals surface area contributed by atoms with Gasteiger partial charge in [-0.05, 0) is 37.3 Å². The van der Waals surface area contributed by atoms with Crippen molar-refractivity contribution in [3.63, 3.8) is 0 Å². The molecule has 4 rings (SSSR count). The SMILES string of the molecule is CC(=O)c1cccc(-c2cnc3ccc(C(CO)NC(=O)c4ccccc4)nn23)c1. The van der Waals surface area contributed by atoms with E-state index in [0.717, 1.165) is 5.56 Å². The van der Waals surface area contributed by atoms with Gasteiger partial charge in [0.05, 0.1) is 30.2 Å². The molecule has 150 valence electrons. The fourth-order valence-electron chi connectivity index (χ4n) is 3.21. The molecule has 2 aromatic heterocycles. The second-order valence-corrected chi connectivity index (χ2v) is 6.88. The maximum absolute atomic E-state index is 12.5. The number of hydrogen-bond donors (Lipinski definition) is 2. The van der Waals surface area contributed by atoms with Crippen LogP contribution in [0, 0.1) is 0 Å². The van der Waals surface area contributed by atoms with Crippen LogP contribution < -0.4 is 5.32 Å². The monoisotopic (exact) mass is 400 g/mol. The van der Waals surface area contributed by atoms with Gasteiger partial charge in [0.2, 0.25) is 0 Å². The molecule has 2 heterocycles. The van der Waals surface area contributed by atoms with Crippen LogP contribution in [0.3, 0.4) is 0 Å². The Morgan fingerprint density at radius 3 is 2.53 bits per heavy atom. The van der Waals surface area contributed by atoms with Crippen LogP contribution in [0.5, 0.6) is 0 Å². The molecule has 1 atom stereocenters. The second kappa shape index (κ2) is 8.26. The summed E-state index contributed by atoms with van der Waals surface area (Å²) in [7, 11) is 0. The smallest absolute Gasteiger partial charge is 0.251 e. The van der Waals surface area contributed by atoms with Crippen LogP contribution in [-0.2, 0) is 0 Å². The molecule has 0 saturated carbocycles. The van der Waals surface area contributed by atoms with Crippen LogP contribution in [0.1, 0.15) is 39.4 Å². The molecule has 7 heteroatoms. The van der Waals surface area contributed by atoms with E-state index in [0.29, 0.717) is 28.2 Å². The molecule has 7 nitrogen and oxygen atoms in total. The summed E-state index contributed by atoms with van der Waals surface area (Å²) in [6.45, 7) is 1.21. The Bertz CT molecular complexity index is 1220.